The van der Waals surface area contributed by atoms with Crippen LogP contribution in [0.3, 0.4) is 0 Å². The fourth-order valence-electron chi connectivity index (χ4n) is 2.90. The van der Waals surface area contributed by atoms with Crippen molar-refractivity contribution in [3.63, 3.8) is 0 Å². The molecule has 15 heavy (non-hydrogen) atoms. The minimum absolute atomic E-state index is 0.301. The summed E-state index contributed by atoms with van der Waals surface area (Å²) in [6.07, 6.45) is 8.41. The Kier molecular flexibility index (Phi) is 5.35. The molecule has 3 unspecified atom stereocenters. The Hall–Kier alpha value is -0.330. The lowest BCUT2D eigenvalue weighted by molar-refractivity contribution is -0.128. The normalized spacial score (nSPS) is 28.7. The minimum Gasteiger partial charge on any atom is -0.299 e. The summed E-state index contributed by atoms with van der Waals surface area (Å²) in [5.41, 5.74) is 0. The van der Waals surface area contributed by atoms with E-state index in [0.717, 1.165) is 25.2 Å². The summed E-state index contributed by atoms with van der Waals surface area (Å²) >= 11 is 0. The average molecular weight is 210 g/mol. The highest BCUT2D eigenvalue weighted by molar-refractivity contribution is 5.83. The summed E-state index contributed by atoms with van der Waals surface area (Å²) < 4.78 is 0. The molecule has 1 fully saturated rings. The Morgan fingerprint density at radius 3 is 2.67 bits per heavy atom. The van der Waals surface area contributed by atoms with E-state index >= 15 is 0 Å². The first-order chi connectivity index (χ1) is 7.19. The number of hydrogen-bond donors (Lipinski definition) is 0. The van der Waals surface area contributed by atoms with Crippen LogP contribution in [0.2, 0.25) is 0 Å². The number of Topliss-reactive ketones (excluding diaryl/α,β-unsaturated/α-hetero) is 1. The van der Waals surface area contributed by atoms with Gasteiger partial charge in [0.05, 0.1) is 0 Å². The van der Waals surface area contributed by atoms with Crippen LogP contribution in [0.5, 0.6) is 0 Å². The predicted molar refractivity (Wildman–Crippen MR) is 64.8 cm³/mol. The highest BCUT2D eigenvalue weighted by Crippen LogP contribution is 2.33. The number of ketones is 1. The summed E-state index contributed by atoms with van der Waals surface area (Å²) in [5, 5.41) is 0. The van der Waals surface area contributed by atoms with Gasteiger partial charge in [-0.3, -0.25) is 4.79 Å². The van der Waals surface area contributed by atoms with E-state index in [4.69, 9.17) is 0 Å². The summed E-state index contributed by atoms with van der Waals surface area (Å²) in [6, 6.07) is 0. The Bertz CT molecular complexity index is 198. The second-order valence-corrected chi connectivity index (χ2v) is 5.23. The first kappa shape index (κ1) is 12.7. The first-order valence-electron chi connectivity index (χ1n) is 6.72. The maximum absolute atomic E-state index is 12.1. The van der Waals surface area contributed by atoms with Crippen molar-refractivity contribution >= 4 is 5.78 Å². The third-order valence-corrected chi connectivity index (χ3v) is 3.97. The van der Waals surface area contributed by atoms with Crippen molar-refractivity contribution in [3.05, 3.63) is 0 Å². The Morgan fingerprint density at radius 1 is 1.33 bits per heavy atom. The predicted octanol–water partition coefficient (Wildman–Crippen LogP) is 4.21. The van der Waals surface area contributed by atoms with Gasteiger partial charge in [-0.2, -0.15) is 0 Å². The van der Waals surface area contributed by atoms with Gasteiger partial charge in [0.2, 0.25) is 0 Å². The molecule has 0 aliphatic heterocycles. The molecular formula is C14H26O. The molecule has 1 saturated carbocycles. The molecule has 0 heterocycles. The first-order valence-corrected chi connectivity index (χ1v) is 6.72. The monoisotopic (exact) mass is 210 g/mol. The van der Waals surface area contributed by atoms with Gasteiger partial charge in [-0.1, -0.05) is 46.5 Å². The molecule has 1 heteroatoms. The van der Waals surface area contributed by atoms with Crippen LogP contribution in [0, 0.1) is 17.8 Å². The zero-order valence-corrected chi connectivity index (χ0v) is 10.6. The molecule has 3 atom stereocenters. The van der Waals surface area contributed by atoms with E-state index in [1.54, 1.807) is 0 Å². The highest BCUT2D eigenvalue weighted by atomic mass is 16.1. The number of carbonyl (C=O) groups excluding carboxylic acids is 1. The van der Waals surface area contributed by atoms with E-state index in [0.29, 0.717) is 17.6 Å². The van der Waals surface area contributed by atoms with E-state index in [1.165, 1.54) is 25.7 Å². The van der Waals surface area contributed by atoms with Gasteiger partial charge in [0, 0.05) is 11.8 Å². The van der Waals surface area contributed by atoms with Crippen LogP contribution in [0.25, 0.3) is 0 Å². The zero-order valence-electron chi connectivity index (χ0n) is 10.6. The lowest BCUT2D eigenvalue weighted by atomic mass is 9.75. The van der Waals surface area contributed by atoms with Gasteiger partial charge in [-0.05, 0) is 25.2 Å². The maximum atomic E-state index is 12.1. The van der Waals surface area contributed by atoms with Gasteiger partial charge in [-0.25, -0.2) is 0 Å². The van der Waals surface area contributed by atoms with E-state index in [-0.39, 0.29) is 0 Å². The van der Waals surface area contributed by atoms with Crippen molar-refractivity contribution in [2.24, 2.45) is 17.8 Å². The molecule has 0 spiro atoms. The molecule has 88 valence electrons. The van der Waals surface area contributed by atoms with Crippen molar-refractivity contribution in [2.75, 3.05) is 0 Å². The molecule has 0 aromatic rings. The SMILES string of the molecule is CCCC(C)C(=O)C1CCCC(CC)C1. The van der Waals surface area contributed by atoms with Crippen molar-refractivity contribution in [1.82, 2.24) is 0 Å². The van der Waals surface area contributed by atoms with Gasteiger partial charge in [0.1, 0.15) is 5.78 Å². The Labute approximate surface area is 94.6 Å². The van der Waals surface area contributed by atoms with E-state index in [9.17, 15) is 4.79 Å². The van der Waals surface area contributed by atoms with Crippen LogP contribution in [0.4, 0.5) is 0 Å². The molecule has 0 radical (unpaired) electrons. The molecule has 0 aromatic heterocycles. The lowest BCUT2D eigenvalue weighted by Gasteiger charge is -2.29. The third-order valence-electron chi connectivity index (χ3n) is 3.97. The maximum Gasteiger partial charge on any atom is 0.138 e. The number of hydrogen-bond acceptors (Lipinski definition) is 1. The van der Waals surface area contributed by atoms with Crippen LogP contribution < -0.4 is 0 Å². The molecule has 0 saturated heterocycles. The minimum atomic E-state index is 0.301. The molecule has 1 rings (SSSR count). The van der Waals surface area contributed by atoms with Gasteiger partial charge in [-0.15, -0.1) is 0 Å². The molecular weight excluding hydrogens is 184 g/mol. The average Bonchev–Trinajstić information content (AvgIpc) is 2.28. The lowest BCUT2D eigenvalue weighted by Crippen LogP contribution is -2.27. The largest absolute Gasteiger partial charge is 0.299 e. The van der Waals surface area contributed by atoms with E-state index in [2.05, 4.69) is 20.8 Å². The van der Waals surface area contributed by atoms with E-state index < -0.39 is 0 Å². The second kappa shape index (κ2) is 6.30. The van der Waals surface area contributed by atoms with Crippen molar-refractivity contribution in [1.29, 1.82) is 0 Å². The van der Waals surface area contributed by atoms with Crippen LogP contribution in [0.15, 0.2) is 0 Å². The molecule has 0 aromatic carbocycles. The summed E-state index contributed by atoms with van der Waals surface area (Å²) in [5.74, 6) is 2.07. The van der Waals surface area contributed by atoms with Crippen molar-refractivity contribution in [2.45, 2.75) is 65.7 Å². The quantitative estimate of drug-likeness (QED) is 0.664. The molecule has 0 N–H and O–H groups in total. The topological polar surface area (TPSA) is 17.1 Å². The van der Waals surface area contributed by atoms with Crippen molar-refractivity contribution in [3.8, 4) is 0 Å². The zero-order chi connectivity index (χ0) is 11.3. The number of rotatable bonds is 5. The van der Waals surface area contributed by atoms with Crippen LogP contribution in [0.1, 0.15) is 65.7 Å². The molecule has 0 amide bonds. The Morgan fingerprint density at radius 2 is 2.07 bits per heavy atom. The molecule has 1 nitrogen and oxygen atoms in total. The van der Waals surface area contributed by atoms with Gasteiger partial charge in [0.15, 0.2) is 0 Å². The summed E-state index contributed by atoms with van der Waals surface area (Å²) in [6.45, 7) is 6.54. The Balaban J connectivity index is 2.44. The molecule has 1 aliphatic rings. The van der Waals surface area contributed by atoms with Crippen LogP contribution >= 0.6 is 0 Å². The molecule has 0 bridgehead atoms. The molecule has 1 aliphatic carbocycles. The van der Waals surface area contributed by atoms with E-state index in [1.807, 2.05) is 0 Å². The number of carbonyl (C=O) groups is 1. The fourth-order valence-corrected chi connectivity index (χ4v) is 2.90. The summed E-state index contributed by atoms with van der Waals surface area (Å²) in [7, 11) is 0. The standard InChI is InChI=1S/C14H26O/c1-4-7-11(3)14(15)13-9-6-8-12(5-2)10-13/h11-13H,4-10H2,1-3H3. The van der Waals surface area contributed by atoms with Crippen LogP contribution in [-0.4, -0.2) is 5.78 Å². The highest BCUT2D eigenvalue weighted by Gasteiger charge is 2.28. The van der Waals surface area contributed by atoms with Gasteiger partial charge < -0.3 is 0 Å². The summed E-state index contributed by atoms with van der Waals surface area (Å²) in [4.78, 5) is 12.1. The van der Waals surface area contributed by atoms with Gasteiger partial charge in [0.25, 0.3) is 0 Å². The fraction of sp³-hybridized carbons (Fsp3) is 0.929. The smallest absolute Gasteiger partial charge is 0.138 e. The second-order valence-electron chi connectivity index (χ2n) is 5.23. The van der Waals surface area contributed by atoms with Gasteiger partial charge >= 0.3 is 0 Å². The third kappa shape index (κ3) is 3.62. The van der Waals surface area contributed by atoms with Crippen LogP contribution in [-0.2, 0) is 4.79 Å². The van der Waals surface area contributed by atoms with Crippen molar-refractivity contribution < 1.29 is 4.79 Å².